The number of aromatic hydroxyl groups is 2. The number of benzene rings is 2. The van der Waals surface area contributed by atoms with Crippen LogP contribution < -0.4 is 5.32 Å². The third kappa shape index (κ3) is 3.38. The van der Waals surface area contributed by atoms with Gasteiger partial charge in [0.15, 0.2) is 0 Å². The van der Waals surface area contributed by atoms with Gasteiger partial charge in [-0.25, -0.2) is 4.39 Å². The van der Waals surface area contributed by atoms with E-state index in [0.29, 0.717) is 5.56 Å². The van der Waals surface area contributed by atoms with E-state index in [1.54, 1.807) is 6.92 Å². The van der Waals surface area contributed by atoms with Gasteiger partial charge in [-0.05, 0) is 36.8 Å². The Kier molecular flexibility index (Phi) is 3.93. The Balaban J connectivity index is 2.31. The fourth-order valence-corrected chi connectivity index (χ4v) is 1.96. The van der Waals surface area contributed by atoms with E-state index in [0.717, 1.165) is 12.1 Å². The average Bonchev–Trinajstić information content (AvgIpc) is 2.39. The summed E-state index contributed by atoms with van der Waals surface area (Å²) in [6.07, 6.45) is 0. The summed E-state index contributed by atoms with van der Waals surface area (Å²) < 4.78 is 13.1. The predicted octanol–water partition coefficient (Wildman–Crippen LogP) is 3.32. The molecule has 1 atom stereocenters. The molecule has 0 radical (unpaired) electrons. The van der Waals surface area contributed by atoms with E-state index >= 15 is 0 Å². The molecular weight excluding hydrogens is 279 g/mol. The van der Waals surface area contributed by atoms with Gasteiger partial charge in [0.1, 0.15) is 23.0 Å². The first-order chi connectivity index (χ1) is 9.86. The van der Waals surface area contributed by atoms with Gasteiger partial charge in [-0.3, -0.25) is 10.1 Å². The van der Waals surface area contributed by atoms with E-state index < -0.39 is 16.8 Å². The van der Waals surface area contributed by atoms with E-state index in [2.05, 4.69) is 5.32 Å². The second-order valence-electron chi connectivity index (χ2n) is 4.57. The molecule has 0 saturated heterocycles. The number of nitrogens with zero attached hydrogens (tertiary/aromatic N) is 1. The molecule has 0 aliphatic carbocycles. The van der Waals surface area contributed by atoms with Gasteiger partial charge in [0, 0.05) is 12.1 Å². The van der Waals surface area contributed by atoms with Crippen LogP contribution in [-0.4, -0.2) is 15.1 Å². The SMILES string of the molecule is CC(Nc1ccc(F)cc1[N+](=O)[O-])c1cc(O)cc(O)c1. The van der Waals surface area contributed by atoms with E-state index in [9.17, 15) is 24.7 Å². The van der Waals surface area contributed by atoms with Crippen LogP contribution in [0, 0.1) is 15.9 Å². The molecule has 0 aliphatic heterocycles. The highest BCUT2D eigenvalue weighted by Gasteiger charge is 2.17. The molecule has 6 nitrogen and oxygen atoms in total. The Morgan fingerprint density at radius 2 is 1.81 bits per heavy atom. The Bertz CT molecular complexity index is 670. The van der Waals surface area contributed by atoms with E-state index in [1.807, 2.05) is 0 Å². The quantitative estimate of drug-likeness (QED) is 0.593. The summed E-state index contributed by atoms with van der Waals surface area (Å²) in [6.45, 7) is 1.70. The van der Waals surface area contributed by atoms with Gasteiger partial charge < -0.3 is 15.5 Å². The van der Waals surface area contributed by atoms with E-state index in [-0.39, 0.29) is 22.9 Å². The number of phenols is 2. The summed E-state index contributed by atoms with van der Waals surface area (Å²) in [5.74, 6) is -0.936. The summed E-state index contributed by atoms with van der Waals surface area (Å²) in [7, 11) is 0. The van der Waals surface area contributed by atoms with Crippen LogP contribution in [0.3, 0.4) is 0 Å². The predicted molar refractivity (Wildman–Crippen MR) is 74.9 cm³/mol. The molecular formula is C14H13FN2O4. The van der Waals surface area contributed by atoms with Crippen molar-refractivity contribution in [3.63, 3.8) is 0 Å². The Morgan fingerprint density at radius 3 is 2.38 bits per heavy atom. The second-order valence-corrected chi connectivity index (χ2v) is 4.57. The molecule has 0 amide bonds. The van der Waals surface area contributed by atoms with Crippen LogP contribution in [0.15, 0.2) is 36.4 Å². The summed E-state index contributed by atoms with van der Waals surface area (Å²) in [6, 6.07) is 6.80. The topological polar surface area (TPSA) is 95.6 Å². The van der Waals surface area contributed by atoms with Crippen LogP contribution in [0.1, 0.15) is 18.5 Å². The molecule has 1 unspecified atom stereocenters. The molecule has 0 bridgehead atoms. The van der Waals surface area contributed by atoms with Crippen LogP contribution in [-0.2, 0) is 0 Å². The summed E-state index contributed by atoms with van der Waals surface area (Å²) in [5, 5.41) is 32.7. The zero-order valence-electron chi connectivity index (χ0n) is 11.1. The maximum atomic E-state index is 13.1. The smallest absolute Gasteiger partial charge is 0.295 e. The summed E-state index contributed by atoms with van der Waals surface area (Å²) in [4.78, 5) is 10.2. The number of halogens is 1. The van der Waals surface area contributed by atoms with Gasteiger partial charge in [0.25, 0.3) is 5.69 Å². The Morgan fingerprint density at radius 1 is 1.19 bits per heavy atom. The summed E-state index contributed by atoms with van der Waals surface area (Å²) >= 11 is 0. The minimum Gasteiger partial charge on any atom is -0.508 e. The number of rotatable bonds is 4. The molecule has 0 saturated carbocycles. The molecule has 0 aliphatic rings. The fraction of sp³-hybridized carbons (Fsp3) is 0.143. The largest absolute Gasteiger partial charge is 0.508 e. The van der Waals surface area contributed by atoms with E-state index in [1.165, 1.54) is 24.3 Å². The van der Waals surface area contributed by atoms with Crippen LogP contribution >= 0.6 is 0 Å². The van der Waals surface area contributed by atoms with Crippen molar-refractivity contribution in [3.05, 3.63) is 57.9 Å². The zero-order valence-corrected chi connectivity index (χ0v) is 11.1. The first-order valence-electron chi connectivity index (χ1n) is 6.10. The normalized spacial score (nSPS) is 11.9. The standard InChI is InChI=1S/C14H13FN2O4/c1-8(9-4-11(18)7-12(19)5-9)16-13-3-2-10(15)6-14(13)17(20)21/h2-8,16,18-19H,1H3. The molecule has 2 aromatic carbocycles. The highest BCUT2D eigenvalue weighted by Crippen LogP contribution is 2.31. The number of hydrogen-bond donors (Lipinski definition) is 3. The van der Waals surface area contributed by atoms with Crippen molar-refractivity contribution in [2.24, 2.45) is 0 Å². The molecule has 7 heteroatoms. The monoisotopic (exact) mass is 292 g/mol. The van der Waals surface area contributed by atoms with Crippen molar-refractivity contribution in [2.75, 3.05) is 5.32 Å². The van der Waals surface area contributed by atoms with Crippen molar-refractivity contribution in [3.8, 4) is 11.5 Å². The third-order valence-corrected chi connectivity index (χ3v) is 2.95. The number of nitrogens with one attached hydrogen (secondary N) is 1. The van der Waals surface area contributed by atoms with Gasteiger partial charge >= 0.3 is 0 Å². The molecule has 2 rings (SSSR count). The molecule has 21 heavy (non-hydrogen) atoms. The minimum absolute atomic E-state index is 0.118. The molecule has 2 aromatic rings. The van der Waals surface area contributed by atoms with Gasteiger partial charge in [-0.2, -0.15) is 0 Å². The maximum absolute atomic E-state index is 13.1. The van der Waals surface area contributed by atoms with Crippen molar-refractivity contribution < 1.29 is 19.5 Å². The van der Waals surface area contributed by atoms with Gasteiger partial charge in [0.2, 0.25) is 0 Å². The number of hydrogen-bond acceptors (Lipinski definition) is 5. The van der Waals surface area contributed by atoms with Crippen LogP contribution in [0.4, 0.5) is 15.8 Å². The van der Waals surface area contributed by atoms with Gasteiger partial charge in [-0.1, -0.05) is 0 Å². The number of anilines is 1. The lowest BCUT2D eigenvalue weighted by molar-refractivity contribution is -0.384. The first kappa shape index (κ1) is 14.6. The van der Waals surface area contributed by atoms with Crippen LogP contribution in [0.25, 0.3) is 0 Å². The summed E-state index contributed by atoms with van der Waals surface area (Å²) in [5.41, 5.74) is 0.300. The van der Waals surface area contributed by atoms with Gasteiger partial charge in [-0.15, -0.1) is 0 Å². The maximum Gasteiger partial charge on any atom is 0.295 e. The molecule has 3 N–H and O–H groups in total. The third-order valence-electron chi connectivity index (χ3n) is 2.95. The van der Waals surface area contributed by atoms with Crippen molar-refractivity contribution in [2.45, 2.75) is 13.0 Å². The molecule has 110 valence electrons. The lowest BCUT2D eigenvalue weighted by atomic mass is 10.1. The van der Waals surface area contributed by atoms with Gasteiger partial charge in [0.05, 0.1) is 11.0 Å². The lowest BCUT2D eigenvalue weighted by Gasteiger charge is -2.16. The van der Waals surface area contributed by atoms with E-state index in [4.69, 9.17) is 0 Å². The van der Waals surface area contributed by atoms with Crippen LogP contribution in [0.2, 0.25) is 0 Å². The number of nitro benzene ring substituents is 1. The molecule has 0 aromatic heterocycles. The second kappa shape index (κ2) is 5.66. The number of nitro groups is 1. The molecule has 0 heterocycles. The Hall–Kier alpha value is -2.83. The molecule has 0 spiro atoms. The minimum atomic E-state index is -0.699. The van der Waals surface area contributed by atoms with Crippen molar-refractivity contribution in [1.82, 2.24) is 0 Å². The van der Waals surface area contributed by atoms with Crippen molar-refractivity contribution >= 4 is 11.4 Å². The number of phenolic OH excluding ortho intramolecular Hbond substituents is 2. The molecule has 0 fully saturated rings. The zero-order chi connectivity index (χ0) is 15.6. The fourth-order valence-electron chi connectivity index (χ4n) is 1.96. The lowest BCUT2D eigenvalue weighted by Crippen LogP contribution is -2.08. The highest BCUT2D eigenvalue weighted by atomic mass is 19.1. The first-order valence-corrected chi connectivity index (χ1v) is 6.10. The highest BCUT2D eigenvalue weighted by molar-refractivity contribution is 5.62. The van der Waals surface area contributed by atoms with Crippen molar-refractivity contribution in [1.29, 1.82) is 0 Å². The Labute approximate surface area is 119 Å². The average molecular weight is 292 g/mol. The van der Waals surface area contributed by atoms with Crippen LogP contribution in [0.5, 0.6) is 11.5 Å².